The summed E-state index contributed by atoms with van der Waals surface area (Å²) in [4.78, 5) is 0. The van der Waals surface area contributed by atoms with E-state index < -0.39 is 28.9 Å². The summed E-state index contributed by atoms with van der Waals surface area (Å²) in [6.07, 6.45) is -4.70. The number of allylic oxidation sites excluding steroid dienone is 1. The molecule has 4 rings (SSSR count). The van der Waals surface area contributed by atoms with E-state index in [1.54, 1.807) is 26.8 Å². The quantitative estimate of drug-likeness (QED) is 0.385. The Kier molecular flexibility index (Phi) is 5.82. The smallest absolute Gasteiger partial charge is 0.416 e. The van der Waals surface area contributed by atoms with Crippen LogP contribution >= 0.6 is 0 Å². The number of aryl methyl sites for hydroxylation is 1. The molecule has 9 heteroatoms. The summed E-state index contributed by atoms with van der Waals surface area (Å²) < 4.78 is 61.5. The van der Waals surface area contributed by atoms with Gasteiger partial charge in [-0.25, -0.2) is 4.39 Å². The van der Waals surface area contributed by atoms with Crippen molar-refractivity contribution in [3.05, 3.63) is 93.2 Å². The van der Waals surface area contributed by atoms with Gasteiger partial charge in [0.15, 0.2) is 0 Å². The highest BCUT2D eigenvalue weighted by Crippen LogP contribution is 2.53. The largest absolute Gasteiger partial charge is 0.420 e. The lowest BCUT2D eigenvalue weighted by Gasteiger charge is -2.41. The van der Waals surface area contributed by atoms with Crippen LogP contribution in [0.25, 0.3) is 0 Å². The van der Waals surface area contributed by atoms with Crippen molar-refractivity contribution in [2.24, 2.45) is 11.7 Å². The molecule has 1 atom stereocenters. The standard InChI is InChI=1S/C26H20F4N4O/c1-14(2)25(20(13-31)23(32)35-24-22(25)15(3)33-34-24)18-10-16(11-19(12-18)26(28,29)30)8-9-17-6-4-5-7-21(17)27/h4-7,10-12,14H,32H2,1-3H3,(H,33,34). The predicted octanol–water partition coefficient (Wildman–Crippen LogP) is 5.30. The van der Waals surface area contributed by atoms with Crippen LogP contribution in [0.2, 0.25) is 0 Å². The number of ether oxygens (including phenoxy) is 1. The summed E-state index contributed by atoms with van der Waals surface area (Å²) >= 11 is 0. The van der Waals surface area contributed by atoms with Crippen LogP contribution in [0.15, 0.2) is 53.9 Å². The van der Waals surface area contributed by atoms with Crippen molar-refractivity contribution in [3.63, 3.8) is 0 Å². The molecule has 1 unspecified atom stereocenters. The molecule has 35 heavy (non-hydrogen) atoms. The van der Waals surface area contributed by atoms with Gasteiger partial charge in [0.2, 0.25) is 11.8 Å². The molecule has 0 bridgehead atoms. The van der Waals surface area contributed by atoms with E-state index >= 15 is 0 Å². The molecule has 1 aliphatic rings. The molecule has 5 nitrogen and oxygen atoms in total. The first-order chi connectivity index (χ1) is 16.5. The Morgan fingerprint density at radius 3 is 2.49 bits per heavy atom. The van der Waals surface area contributed by atoms with Crippen LogP contribution in [0.5, 0.6) is 5.88 Å². The first-order valence-electron chi connectivity index (χ1n) is 10.6. The van der Waals surface area contributed by atoms with Gasteiger partial charge in [0, 0.05) is 11.3 Å². The van der Waals surface area contributed by atoms with E-state index in [9.17, 15) is 22.8 Å². The highest BCUT2D eigenvalue weighted by Gasteiger charge is 2.51. The molecule has 0 saturated carbocycles. The lowest BCUT2D eigenvalue weighted by Crippen LogP contribution is -2.41. The number of aromatic amines is 1. The van der Waals surface area contributed by atoms with Crippen molar-refractivity contribution in [2.45, 2.75) is 32.4 Å². The fourth-order valence-electron chi connectivity index (χ4n) is 4.56. The topological polar surface area (TPSA) is 87.7 Å². The third-order valence-electron chi connectivity index (χ3n) is 6.06. The van der Waals surface area contributed by atoms with Crippen molar-refractivity contribution in [2.75, 3.05) is 0 Å². The van der Waals surface area contributed by atoms with Crippen LogP contribution < -0.4 is 10.5 Å². The average Bonchev–Trinajstić information content (AvgIpc) is 3.16. The van der Waals surface area contributed by atoms with E-state index in [0.29, 0.717) is 11.3 Å². The van der Waals surface area contributed by atoms with Gasteiger partial charge in [0.1, 0.15) is 17.5 Å². The number of hydrogen-bond acceptors (Lipinski definition) is 4. The van der Waals surface area contributed by atoms with Crippen molar-refractivity contribution >= 4 is 0 Å². The number of nitriles is 1. The van der Waals surface area contributed by atoms with E-state index in [2.05, 4.69) is 22.0 Å². The average molecular weight is 480 g/mol. The Balaban J connectivity index is 2.06. The summed E-state index contributed by atoms with van der Waals surface area (Å²) in [5.41, 5.74) is 4.81. The first kappa shape index (κ1) is 23.9. The SMILES string of the molecule is Cc1[nH]nc2c1C(c1cc(C#Cc3ccccc3F)cc(C(F)(F)F)c1)(C(C)C)C(C#N)=C(N)O2. The Morgan fingerprint density at radius 1 is 1.14 bits per heavy atom. The van der Waals surface area contributed by atoms with Gasteiger partial charge in [0.05, 0.1) is 22.1 Å². The number of rotatable bonds is 2. The molecule has 0 aliphatic carbocycles. The van der Waals surface area contributed by atoms with E-state index in [0.717, 1.165) is 12.1 Å². The molecule has 1 aliphatic heterocycles. The van der Waals surface area contributed by atoms with E-state index in [4.69, 9.17) is 10.5 Å². The van der Waals surface area contributed by atoms with E-state index in [1.807, 2.05) is 6.07 Å². The Morgan fingerprint density at radius 2 is 1.86 bits per heavy atom. The highest BCUT2D eigenvalue weighted by molar-refractivity contribution is 5.63. The van der Waals surface area contributed by atoms with Crippen LogP contribution in [0.1, 0.15) is 47.4 Å². The van der Waals surface area contributed by atoms with Crippen LogP contribution in [-0.4, -0.2) is 10.2 Å². The predicted molar refractivity (Wildman–Crippen MR) is 120 cm³/mol. The van der Waals surface area contributed by atoms with Gasteiger partial charge in [-0.05, 0) is 48.7 Å². The lowest BCUT2D eigenvalue weighted by atomic mass is 9.61. The summed E-state index contributed by atoms with van der Waals surface area (Å²) in [5.74, 6) is 4.08. The van der Waals surface area contributed by atoms with Crippen LogP contribution in [0.3, 0.4) is 0 Å². The molecule has 0 radical (unpaired) electrons. The maximum Gasteiger partial charge on any atom is 0.416 e. The molecule has 2 aromatic carbocycles. The van der Waals surface area contributed by atoms with E-state index in [-0.39, 0.29) is 34.0 Å². The van der Waals surface area contributed by atoms with Crippen LogP contribution in [-0.2, 0) is 11.6 Å². The minimum absolute atomic E-state index is 0.00292. The molecule has 3 aromatic rings. The van der Waals surface area contributed by atoms with Crippen molar-refractivity contribution in [3.8, 4) is 23.8 Å². The minimum atomic E-state index is -4.70. The maximum absolute atomic E-state index is 14.0. The Hall–Kier alpha value is -4.24. The van der Waals surface area contributed by atoms with Crippen molar-refractivity contribution in [1.29, 1.82) is 5.26 Å². The number of halogens is 4. The van der Waals surface area contributed by atoms with Crippen molar-refractivity contribution < 1.29 is 22.3 Å². The zero-order chi connectivity index (χ0) is 25.5. The van der Waals surface area contributed by atoms with Gasteiger partial charge in [-0.2, -0.15) is 18.4 Å². The van der Waals surface area contributed by atoms with E-state index in [1.165, 1.54) is 24.3 Å². The fourth-order valence-corrected chi connectivity index (χ4v) is 4.56. The molecule has 0 saturated heterocycles. The first-order valence-corrected chi connectivity index (χ1v) is 10.6. The maximum atomic E-state index is 14.0. The second-order valence-electron chi connectivity index (χ2n) is 8.47. The van der Waals surface area contributed by atoms with Crippen LogP contribution in [0.4, 0.5) is 17.6 Å². The van der Waals surface area contributed by atoms with Gasteiger partial charge < -0.3 is 10.5 Å². The number of H-pyrrole nitrogens is 1. The number of benzene rings is 2. The molecule has 178 valence electrons. The second-order valence-corrected chi connectivity index (χ2v) is 8.47. The number of aromatic nitrogens is 2. The number of nitrogens with one attached hydrogen (secondary N) is 1. The van der Waals surface area contributed by atoms with Gasteiger partial charge in [-0.15, -0.1) is 5.10 Å². The molecule has 1 aromatic heterocycles. The number of hydrogen-bond donors (Lipinski definition) is 2. The molecule has 2 heterocycles. The molecule has 0 amide bonds. The van der Waals surface area contributed by atoms with Gasteiger partial charge >= 0.3 is 6.18 Å². The summed E-state index contributed by atoms with van der Waals surface area (Å²) in [6, 6.07) is 11.1. The second kappa shape index (κ2) is 8.52. The third-order valence-corrected chi connectivity index (χ3v) is 6.06. The Labute approximate surface area is 199 Å². The molecular formula is C26H20F4N4O. The molecule has 0 fully saturated rings. The summed E-state index contributed by atoms with van der Waals surface area (Å²) in [7, 11) is 0. The Bertz CT molecular complexity index is 1450. The minimum Gasteiger partial charge on any atom is -0.420 e. The summed E-state index contributed by atoms with van der Waals surface area (Å²) in [5, 5.41) is 16.9. The zero-order valence-electron chi connectivity index (χ0n) is 19.0. The zero-order valence-corrected chi connectivity index (χ0v) is 19.0. The number of nitrogens with two attached hydrogens (primary N) is 1. The molecular weight excluding hydrogens is 460 g/mol. The monoisotopic (exact) mass is 480 g/mol. The molecule has 3 N–H and O–H groups in total. The van der Waals surface area contributed by atoms with Gasteiger partial charge in [-0.3, -0.25) is 5.10 Å². The normalized spacial score (nSPS) is 17.3. The van der Waals surface area contributed by atoms with Gasteiger partial charge in [-0.1, -0.05) is 37.8 Å². The third kappa shape index (κ3) is 3.89. The fraction of sp³-hybridized carbons (Fsp3) is 0.231. The lowest BCUT2D eigenvalue weighted by molar-refractivity contribution is -0.137. The number of nitrogens with zero attached hydrogens (tertiary/aromatic N) is 2. The van der Waals surface area contributed by atoms with Crippen molar-refractivity contribution in [1.82, 2.24) is 10.2 Å². The molecule has 0 spiro atoms. The number of fused-ring (bicyclic) bond motifs is 1. The summed E-state index contributed by atoms with van der Waals surface area (Å²) in [6.45, 7) is 5.24. The highest BCUT2D eigenvalue weighted by atomic mass is 19.4. The van der Waals surface area contributed by atoms with Gasteiger partial charge in [0.25, 0.3) is 0 Å². The van der Waals surface area contributed by atoms with Crippen LogP contribution in [0, 0.1) is 41.8 Å². The number of alkyl halides is 3.